The molecule has 3 aromatic rings. The number of amidine groups is 1. The zero-order chi connectivity index (χ0) is 20.3. The molecule has 150 valence electrons. The van der Waals surface area contributed by atoms with Crippen molar-refractivity contribution in [2.75, 3.05) is 11.9 Å². The maximum Gasteiger partial charge on any atom is 0.262 e. The summed E-state index contributed by atoms with van der Waals surface area (Å²) in [6.07, 6.45) is 4.39. The van der Waals surface area contributed by atoms with Crippen LogP contribution in [0.25, 0.3) is 10.9 Å². The maximum atomic E-state index is 12.4. The van der Waals surface area contributed by atoms with Gasteiger partial charge in [0.2, 0.25) is 5.91 Å². The van der Waals surface area contributed by atoms with E-state index in [0.29, 0.717) is 37.3 Å². The number of hydrogen-bond donors (Lipinski definition) is 3. The van der Waals surface area contributed by atoms with Gasteiger partial charge in [-0.05, 0) is 48.7 Å². The molecule has 1 aromatic heterocycles. The molecular formula is C21H22N4O3S. The summed E-state index contributed by atoms with van der Waals surface area (Å²) in [4.78, 5) is 19.8. The third-order valence-corrected chi connectivity index (χ3v) is 6.27. The van der Waals surface area contributed by atoms with Crippen LogP contribution in [0, 0.1) is 0 Å². The fourth-order valence-corrected chi connectivity index (χ4v) is 4.45. The van der Waals surface area contributed by atoms with E-state index in [0.717, 1.165) is 22.9 Å². The van der Waals surface area contributed by atoms with Gasteiger partial charge in [-0.15, -0.1) is 0 Å². The summed E-state index contributed by atoms with van der Waals surface area (Å²) in [5.41, 5.74) is 2.71. The third-order valence-electron chi connectivity index (χ3n) is 4.87. The number of fused-ring (bicyclic) bond motifs is 1. The molecule has 7 nitrogen and oxygen atoms in total. The quantitative estimate of drug-likeness (QED) is 0.581. The number of H-pyrrole nitrogens is 1. The Bertz CT molecular complexity index is 1160. The van der Waals surface area contributed by atoms with E-state index in [9.17, 15) is 13.2 Å². The number of benzene rings is 2. The number of anilines is 1. The minimum atomic E-state index is -3.65. The second kappa shape index (κ2) is 8.08. The lowest BCUT2D eigenvalue weighted by molar-refractivity contribution is -0.116. The average Bonchev–Trinajstić information content (AvgIpc) is 3.36. The Morgan fingerprint density at radius 2 is 1.90 bits per heavy atom. The lowest BCUT2D eigenvalue weighted by Gasteiger charge is -2.09. The highest BCUT2D eigenvalue weighted by atomic mass is 32.2. The second-order valence-electron chi connectivity index (χ2n) is 6.97. The lowest BCUT2D eigenvalue weighted by atomic mass is 10.1. The van der Waals surface area contributed by atoms with Crippen LogP contribution >= 0.6 is 0 Å². The van der Waals surface area contributed by atoms with E-state index in [1.165, 1.54) is 12.1 Å². The first-order valence-electron chi connectivity index (χ1n) is 9.52. The molecule has 3 N–H and O–H groups in total. The van der Waals surface area contributed by atoms with Crippen molar-refractivity contribution in [3.63, 3.8) is 0 Å². The number of aryl methyl sites for hydroxylation is 1. The molecule has 0 atom stereocenters. The number of amides is 1. The van der Waals surface area contributed by atoms with Gasteiger partial charge in [-0.1, -0.05) is 18.2 Å². The molecule has 1 aliphatic heterocycles. The summed E-state index contributed by atoms with van der Waals surface area (Å²) in [5.74, 6) is 0.379. The predicted molar refractivity (Wildman–Crippen MR) is 114 cm³/mol. The van der Waals surface area contributed by atoms with E-state index < -0.39 is 10.0 Å². The number of nitrogens with one attached hydrogen (secondary N) is 3. The molecule has 2 heterocycles. The van der Waals surface area contributed by atoms with Crippen molar-refractivity contribution >= 4 is 38.4 Å². The van der Waals surface area contributed by atoms with Gasteiger partial charge >= 0.3 is 0 Å². The van der Waals surface area contributed by atoms with Crippen LogP contribution in [-0.2, 0) is 21.2 Å². The van der Waals surface area contributed by atoms with Crippen LogP contribution in [-0.4, -0.2) is 31.7 Å². The van der Waals surface area contributed by atoms with Gasteiger partial charge in [-0.25, -0.2) is 8.42 Å². The topological polar surface area (TPSA) is 103 Å². The van der Waals surface area contributed by atoms with Crippen LogP contribution in [0.2, 0.25) is 0 Å². The van der Waals surface area contributed by atoms with Gasteiger partial charge in [0.25, 0.3) is 10.0 Å². The Balaban J connectivity index is 1.35. The number of nitrogens with zero attached hydrogens (tertiary/aromatic N) is 1. The molecule has 0 saturated carbocycles. The standard InChI is InChI=1S/C21H22N4O3S/c26-21(12-7-15-14-23-19-5-2-1-4-18(15)19)24-16-8-10-17(11-9-16)29(27,28)25-20-6-3-13-22-20/h1-2,4-5,8-11,14,23H,3,6-7,12-13H2,(H,22,25)(H,24,26). The number of aromatic nitrogens is 1. The van der Waals surface area contributed by atoms with Gasteiger partial charge in [0.05, 0.1) is 4.90 Å². The van der Waals surface area contributed by atoms with Crippen molar-refractivity contribution in [2.45, 2.75) is 30.6 Å². The summed E-state index contributed by atoms with van der Waals surface area (Å²) in [5, 5.41) is 3.94. The number of para-hydroxylation sites is 1. The van der Waals surface area contributed by atoms with Crippen molar-refractivity contribution in [3.8, 4) is 0 Å². The first kappa shape index (κ1) is 19.2. The van der Waals surface area contributed by atoms with Crippen molar-refractivity contribution in [1.82, 2.24) is 9.71 Å². The number of carbonyl (C=O) groups is 1. The van der Waals surface area contributed by atoms with Gasteiger partial charge in [0.15, 0.2) is 0 Å². The molecule has 0 saturated heterocycles. The number of rotatable bonds is 6. The molecule has 4 rings (SSSR count). The summed E-state index contributed by atoms with van der Waals surface area (Å²) >= 11 is 0. The Hall–Kier alpha value is -3.13. The molecule has 0 fully saturated rings. The van der Waals surface area contributed by atoms with Gasteiger partial charge in [-0.3, -0.25) is 14.5 Å². The minimum Gasteiger partial charge on any atom is -0.361 e. The third kappa shape index (κ3) is 4.48. The monoisotopic (exact) mass is 410 g/mol. The van der Waals surface area contributed by atoms with E-state index in [1.54, 1.807) is 12.1 Å². The van der Waals surface area contributed by atoms with E-state index in [-0.39, 0.29) is 10.8 Å². The molecule has 0 unspecified atom stereocenters. The van der Waals surface area contributed by atoms with Crippen molar-refractivity contribution in [2.24, 2.45) is 4.99 Å². The Morgan fingerprint density at radius 1 is 1.10 bits per heavy atom. The number of sulfonamides is 1. The molecule has 0 bridgehead atoms. The van der Waals surface area contributed by atoms with Crippen LogP contribution in [0.5, 0.6) is 0 Å². The van der Waals surface area contributed by atoms with Crippen LogP contribution < -0.4 is 10.0 Å². The lowest BCUT2D eigenvalue weighted by Crippen LogP contribution is -2.29. The van der Waals surface area contributed by atoms with Crippen LogP contribution in [0.1, 0.15) is 24.8 Å². The fraction of sp³-hybridized carbons (Fsp3) is 0.238. The van der Waals surface area contributed by atoms with E-state index in [2.05, 4.69) is 20.0 Å². The Morgan fingerprint density at radius 3 is 2.66 bits per heavy atom. The van der Waals surface area contributed by atoms with Crippen molar-refractivity contribution < 1.29 is 13.2 Å². The highest BCUT2D eigenvalue weighted by Gasteiger charge is 2.18. The first-order chi connectivity index (χ1) is 14.0. The van der Waals surface area contributed by atoms with E-state index in [4.69, 9.17) is 0 Å². The molecule has 2 aromatic carbocycles. The number of aliphatic imine (C=N–C) groups is 1. The Kier molecular flexibility index (Phi) is 5.35. The zero-order valence-corrected chi connectivity index (χ0v) is 16.6. The summed E-state index contributed by atoms with van der Waals surface area (Å²) in [6.45, 7) is 0.654. The van der Waals surface area contributed by atoms with Crippen LogP contribution in [0.4, 0.5) is 5.69 Å². The first-order valence-corrected chi connectivity index (χ1v) is 11.0. The number of aromatic amines is 1. The van der Waals surface area contributed by atoms with Crippen molar-refractivity contribution in [1.29, 1.82) is 0 Å². The highest BCUT2D eigenvalue weighted by Crippen LogP contribution is 2.20. The molecule has 0 spiro atoms. The Labute approximate surface area is 169 Å². The number of hydrogen-bond acceptors (Lipinski definition) is 4. The summed E-state index contributed by atoms with van der Waals surface area (Å²) < 4.78 is 27.3. The van der Waals surface area contributed by atoms with Crippen LogP contribution in [0.15, 0.2) is 64.6 Å². The maximum absolute atomic E-state index is 12.4. The SMILES string of the molecule is O=C(CCc1c[nH]c2ccccc12)Nc1ccc(S(=O)(=O)NC2=NCCC2)cc1. The molecule has 0 aliphatic carbocycles. The zero-order valence-electron chi connectivity index (χ0n) is 15.8. The molecule has 8 heteroatoms. The minimum absolute atomic E-state index is 0.121. The smallest absolute Gasteiger partial charge is 0.262 e. The average molecular weight is 410 g/mol. The summed E-state index contributed by atoms with van der Waals surface area (Å²) in [7, 11) is -3.65. The van der Waals surface area contributed by atoms with Gasteiger partial charge in [0.1, 0.15) is 5.84 Å². The summed E-state index contributed by atoms with van der Waals surface area (Å²) in [6, 6.07) is 14.1. The molecule has 1 aliphatic rings. The van der Waals surface area contributed by atoms with E-state index in [1.807, 2.05) is 30.5 Å². The fourth-order valence-electron chi connectivity index (χ4n) is 3.36. The molecule has 0 radical (unpaired) electrons. The van der Waals surface area contributed by atoms with Gasteiger partial charge in [-0.2, -0.15) is 0 Å². The predicted octanol–water partition coefficient (Wildman–Crippen LogP) is 3.21. The molecular weight excluding hydrogens is 388 g/mol. The van der Waals surface area contributed by atoms with Crippen molar-refractivity contribution in [3.05, 3.63) is 60.3 Å². The molecule has 1 amide bonds. The second-order valence-corrected chi connectivity index (χ2v) is 8.65. The molecule has 29 heavy (non-hydrogen) atoms. The van der Waals surface area contributed by atoms with Gasteiger partial charge in [0, 0.05) is 42.2 Å². The van der Waals surface area contributed by atoms with Crippen LogP contribution in [0.3, 0.4) is 0 Å². The highest BCUT2D eigenvalue weighted by molar-refractivity contribution is 7.90. The largest absolute Gasteiger partial charge is 0.361 e. The number of carbonyl (C=O) groups excluding carboxylic acids is 1. The van der Waals surface area contributed by atoms with E-state index >= 15 is 0 Å². The van der Waals surface area contributed by atoms with Gasteiger partial charge < -0.3 is 10.3 Å². The normalized spacial score (nSPS) is 14.0.